The van der Waals surface area contributed by atoms with E-state index in [-0.39, 0.29) is 16.7 Å². The van der Waals surface area contributed by atoms with Crippen LogP contribution in [0.3, 0.4) is 0 Å². The van der Waals surface area contributed by atoms with Gasteiger partial charge in [-0.2, -0.15) is 0 Å². The molecular weight excluding hydrogens is 749 g/mol. The number of carbonyl (C=O) groups is 6. The first kappa shape index (κ1) is 47.9. The van der Waals surface area contributed by atoms with Crippen LogP contribution in [-0.2, 0) is 56.8 Å². The second-order valence-electron chi connectivity index (χ2n) is 16.1. The monoisotopic (exact) mass is 810 g/mol. The van der Waals surface area contributed by atoms with Crippen molar-refractivity contribution in [1.29, 1.82) is 0 Å². The van der Waals surface area contributed by atoms with Gasteiger partial charge in [0.05, 0.1) is 0 Å². The minimum absolute atomic E-state index is 0.197. The van der Waals surface area contributed by atoms with Crippen molar-refractivity contribution in [1.82, 2.24) is 10.6 Å². The Morgan fingerprint density at radius 3 is 1.73 bits per heavy atom. The third kappa shape index (κ3) is 16.5. The minimum atomic E-state index is -2.46. The van der Waals surface area contributed by atoms with E-state index in [9.17, 15) is 28.8 Å². The number of esters is 4. The molecule has 17 heteroatoms. The standard InChI is InChI=1S/C39H62N2O14Si/c1-24(42)48-23-30-32(49-25(2)43)33(50-26(3)44)34(51-27(4)45)36(53-30)52-29-19-17-28(18-20-29)31(55-56(11,12)39(8,9)10)35(46)40-21-15-13-14-16-22-41-37(47)54-38(5,6)7/h17-20,30-34,36H,13-16,21-23H2,1-12H3,(H,40,46)(H,41,47). The van der Waals surface area contributed by atoms with Crippen LogP contribution in [-0.4, -0.2) is 100 Å². The zero-order valence-electron chi connectivity index (χ0n) is 34.9. The van der Waals surface area contributed by atoms with Crippen molar-refractivity contribution in [3.8, 4) is 5.75 Å². The van der Waals surface area contributed by atoms with Gasteiger partial charge >= 0.3 is 30.0 Å². The molecule has 0 aliphatic carbocycles. The van der Waals surface area contributed by atoms with Crippen LogP contribution in [0.2, 0.25) is 18.1 Å². The molecule has 2 rings (SSSR count). The molecule has 1 aliphatic heterocycles. The number of carbonyl (C=O) groups excluding carboxylic acids is 6. The summed E-state index contributed by atoms with van der Waals surface area (Å²) < 4.78 is 45.6. The predicted octanol–water partition coefficient (Wildman–Crippen LogP) is 5.41. The predicted molar refractivity (Wildman–Crippen MR) is 206 cm³/mol. The number of rotatable bonds is 18. The summed E-state index contributed by atoms with van der Waals surface area (Å²) in [7, 11) is -2.46. The number of hydrogen-bond donors (Lipinski definition) is 2. The number of benzene rings is 1. The highest BCUT2D eigenvalue weighted by Gasteiger charge is 2.53. The third-order valence-corrected chi connectivity index (χ3v) is 13.3. The SMILES string of the molecule is CC(=O)OCC1OC(Oc2ccc(C(O[Si](C)(C)C(C)(C)C)C(=O)NCCCCCCNC(=O)OC(C)(C)C)cc2)C(OC(C)=O)C(OC(C)=O)C1OC(C)=O. The minimum Gasteiger partial charge on any atom is -0.463 e. The Kier molecular flexibility index (Phi) is 18.3. The van der Waals surface area contributed by atoms with E-state index < -0.39 is 87.3 Å². The summed E-state index contributed by atoms with van der Waals surface area (Å²) in [6.07, 6.45) is -4.90. The molecule has 1 fully saturated rings. The fraction of sp³-hybridized carbons (Fsp3) is 0.692. The molecule has 0 saturated carbocycles. The summed E-state index contributed by atoms with van der Waals surface area (Å²) in [5, 5.41) is 5.56. The lowest BCUT2D eigenvalue weighted by Crippen LogP contribution is -2.63. The van der Waals surface area contributed by atoms with Gasteiger partial charge in [0, 0.05) is 40.8 Å². The first-order valence-electron chi connectivity index (χ1n) is 18.9. The molecule has 0 radical (unpaired) electrons. The molecule has 0 spiro atoms. The Morgan fingerprint density at radius 2 is 1.23 bits per heavy atom. The maximum absolute atomic E-state index is 13.7. The molecule has 56 heavy (non-hydrogen) atoms. The van der Waals surface area contributed by atoms with Crippen molar-refractivity contribution < 1.29 is 66.4 Å². The van der Waals surface area contributed by atoms with Gasteiger partial charge in [0.25, 0.3) is 5.91 Å². The second kappa shape index (κ2) is 21.3. The Balaban J connectivity index is 2.26. The fourth-order valence-electron chi connectivity index (χ4n) is 5.30. The van der Waals surface area contributed by atoms with Crippen molar-refractivity contribution in [3.05, 3.63) is 29.8 Å². The zero-order valence-corrected chi connectivity index (χ0v) is 35.9. The lowest BCUT2D eigenvalue weighted by atomic mass is 9.98. The molecule has 1 aliphatic rings. The smallest absolute Gasteiger partial charge is 0.407 e. The molecular formula is C39H62N2O14Si. The van der Waals surface area contributed by atoms with Gasteiger partial charge in [-0.05, 0) is 69.4 Å². The molecule has 0 bridgehead atoms. The normalized spacial score (nSPS) is 20.5. The van der Waals surface area contributed by atoms with Gasteiger partial charge in [-0.1, -0.05) is 45.7 Å². The Hall–Kier alpha value is -4.22. The zero-order chi connectivity index (χ0) is 42.4. The molecule has 16 nitrogen and oxygen atoms in total. The van der Waals surface area contributed by atoms with Crippen LogP contribution < -0.4 is 15.4 Å². The second-order valence-corrected chi connectivity index (χ2v) is 20.9. The van der Waals surface area contributed by atoms with Crippen LogP contribution in [0.4, 0.5) is 4.79 Å². The molecule has 1 aromatic carbocycles. The van der Waals surface area contributed by atoms with E-state index >= 15 is 0 Å². The highest BCUT2D eigenvalue weighted by atomic mass is 28.4. The average Bonchev–Trinajstić information content (AvgIpc) is 3.05. The van der Waals surface area contributed by atoms with Crippen LogP contribution in [0.15, 0.2) is 24.3 Å². The van der Waals surface area contributed by atoms with Gasteiger partial charge in [-0.25, -0.2) is 4.79 Å². The highest BCUT2D eigenvalue weighted by molar-refractivity contribution is 6.74. The molecule has 316 valence electrons. The largest absolute Gasteiger partial charge is 0.463 e. The van der Waals surface area contributed by atoms with Crippen LogP contribution in [0.5, 0.6) is 5.75 Å². The van der Waals surface area contributed by atoms with Crippen LogP contribution in [0.25, 0.3) is 0 Å². The first-order valence-corrected chi connectivity index (χ1v) is 21.8. The fourth-order valence-corrected chi connectivity index (χ4v) is 6.48. The summed E-state index contributed by atoms with van der Waals surface area (Å²) in [6.45, 7) is 20.9. The van der Waals surface area contributed by atoms with Crippen LogP contribution in [0.1, 0.15) is 107 Å². The van der Waals surface area contributed by atoms with E-state index in [4.69, 9.17) is 37.6 Å². The molecule has 1 aromatic rings. The summed E-state index contributed by atoms with van der Waals surface area (Å²) >= 11 is 0. The quantitative estimate of drug-likeness (QED) is 0.0825. The van der Waals surface area contributed by atoms with Crippen molar-refractivity contribution in [2.75, 3.05) is 19.7 Å². The highest BCUT2D eigenvalue weighted by Crippen LogP contribution is 2.40. The van der Waals surface area contributed by atoms with Crippen LogP contribution in [0, 0.1) is 0 Å². The molecule has 6 unspecified atom stereocenters. The topological polar surface area (TPSA) is 200 Å². The molecule has 0 aromatic heterocycles. The number of alkyl carbamates (subject to hydrolysis) is 1. The van der Waals surface area contributed by atoms with Crippen LogP contribution >= 0.6 is 0 Å². The van der Waals surface area contributed by atoms with Crippen molar-refractivity contribution >= 4 is 44.2 Å². The first-order chi connectivity index (χ1) is 25.9. The van der Waals surface area contributed by atoms with E-state index in [1.165, 1.54) is 6.92 Å². The van der Waals surface area contributed by atoms with E-state index in [1.807, 2.05) is 20.8 Å². The summed E-state index contributed by atoms with van der Waals surface area (Å²) in [5.41, 5.74) is 0.00767. The lowest BCUT2D eigenvalue weighted by Gasteiger charge is -2.43. The molecule has 1 saturated heterocycles. The molecule has 1 heterocycles. The summed E-state index contributed by atoms with van der Waals surface area (Å²) in [6, 6.07) is 6.53. The summed E-state index contributed by atoms with van der Waals surface area (Å²) in [4.78, 5) is 73.7. The Morgan fingerprint density at radius 1 is 0.714 bits per heavy atom. The Labute approximate surface area is 331 Å². The number of hydrogen-bond acceptors (Lipinski definition) is 14. The lowest BCUT2D eigenvalue weighted by molar-refractivity contribution is -0.288. The molecule has 2 N–H and O–H groups in total. The van der Waals surface area contributed by atoms with Gasteiger partial charge in [0.2, 0.25) is 12.4 Å². The van der Waals surface area contributed by atoms with Gasteiger partial charge in [-0.15, -0.1) is 0 Å². The Bertz CT molecular complexity index is 1490. The van der Waals surface area contributed by atoms with E-state index in [0.717, 1.165) is 46.5 Å². The number of nitrogens with one attached hydrogen (secondary N) is 2. The van der Waals surface area contributed by atoms with Gasteiger partial charge in [0.15, 0.2) is 20.5 Å². The maximum Gasteiger partial charge on any atom is 0.407 e. The van der Waals surface area contributed by atoms with Gasteiger partial charge < -0.3 is 48.2 Å². The molecule has 6 atom stereocenters. The maximum atomic E-state index is 13.7. The average molecular weight is 811 g/mol. The number of ether oxygens (including phenoxy) is 7. The van der Waals surface area contributed by atoms with Gasteiger partial charge in [-0.3, -0.25) is 24.0 Å². The van der Waals surface area contributed by atoms with E-state index in [0.29, 0.717) is 18.7 Å². The van der Waals surface area contributed by atoms with Crippen molar-refractivity contribution in [2.24, 2.45) is 0 Å². The van der Waals surface area contributed by atoms with Crippen molar-refractivity contribution in [2.45, 2.75) is 155 Å². The van der Waals surface area contributed by atoms with Gasteiger partial charge in [0.1, 0.15) is 30.2 Å². The summed E-state index contributed by atoms with van der Waals surface area (Å²) in [5.74, 6) is -2.98. The van der Waals surface area contributed by atoms with E-state index in [2.05, 4.69) is 44.5 Å². The third-order valence-electron chi connectivity index (χ3n) is 8.91. The number of amides is 2. The van der Waals surface area contributed by atoms with E-state index in [1.54, 1.807) is 24.3 Å². The number of unbranched alkanes of at least 4 members (excludes halogenated alkanes) is 3. The van der Waals surface area contributed by atoms with Crippen molar-refractivity contribution in [3.63, 3.8) is 0 Å². The molecule has 2 amide bonds.